The van der Waals surface area contributed by atoms with E-state index in [1.165, 1.54) is 12.1 Å². The van der Waals surface area contributed by atoms with Crippen molar-refractivity contribution in [1.82, 2.24) is 9.97 Å². The summed E-state index contributed by atoms with van der Waals surface area (Å²) in [5.41, 5.74) is 3.62. The largest absolute Gasteiger partial charge is 0.388 e. The third-order valence-corrected chi connectivity index (χ3v) is 8.66. The molecule has 2 aliphatic carbocycles. The molecule has 4 nitrogen and oxygen atoms in total. The molecule has 0 spiro atoms. The normalized spacial score (nSPS) is 25.2. The Morgan fingerprint density at radius 2 is 0.929 bits per heavy atom. The molecule has 0 unspecified atom stereocenters. The van der Waals surface area contributed by atoms with Gasteiger partial charge in [0.2, 0.25) is 0 Å². The topological polar surface area (TPSA) is 66.2 Å². The molecule has 0 saturated heterocycles. The van der Waals surface area contributed by atoms with Crippen molar-refractivity contribution in [2.75, 3.05) is 0 Å². The summed E-state index contributed by atoms with van der Waals surface area (Å²) in [6, 6.07) is 15.4. The van der Waals surface area contributed by atoms with Crippen LogP contribution in [-0.4, -0.2) is 20.2 Å². The molecule has 2 N–H and O–H groups in total. The number of benzene rings is 2. The molecule has 0 bridgehead atoms. The van der Waals surface area contributed by atoms with Crippen molar-refractivity contribution in [2.24, 2.45) is 0 Å². The average Bonchev–Trinajstić information content (AvgIpc) is 3.21. The van der Waals surface area contributed by atoms with Gasteiger partial charge in [0.05, 0.1) is 12.2 Å². The van der Waals surface area contributed by atoms with Gasteiger partial charge in [-0.2, -0.15) is 0 Å². The van der Waals surface area contributed by atoms with Gasteiger partial charge in [-0.3, -0.25) is 9.97 Å². The molecule has 2 aliphatic rings. The van der Waals surface area contributed by atoms with Crippen molar-refractivity contribution in [1.29, 1.82) is 0 Å². The molecule has 0 amide bonds. The highest BCUT2D eigenvalue weighted by atomic mass is 19.2. The average molecular weight is 579 g/mol. The maximum atomic E-state index is 14.1. The van der Waals surface area contributed by atoms with E-state index in [0.717, 1.165) is 47.5 Å². The molecular weight excluding hydrogens is 544 g/mol. The van der Waals surface area contributed by atoms with Crippen LogP contribution >= 0.6 is 0 Å². The molecule has 2 aromatic heterocycles. The maximum Gasteiger partial charge on any atom is 0.162 e. The van der Waals surface area contributed by atoms with E-state index in [-0.39, 0.29) is 23.0 Å². The van der Waals surface area contributed by atoms with Crippen LogP contribution in [0.3, 0.4) is 0 Å². The Labute approximate surface area is 243 Å². The zero-order valence-electron chi connectivity index (χ0n) is 23.5. The van der Waals surface area contributed by atoms with E-state index >= 15 is 0 Å². The third-order valence-electron chi connectivity index (χ3n) is 8.66. The molecule has 0 radical (unpaired) electrons. The Hall–Kier alpha value is -3.62. The van der Waals surface area contributed by atoms with Crippen molar-refractivity contribution in [3.8, 4) is 0 Å². The minimum Gasteiger partial charge on any atom is -0.388 e. The molecule has 8 heteroatoms. The number of rotatable bonds is 2. The Morgan fingerprint density at radius 1 is 0.548 bits per heavy atom. The van der Waals surface area contributed by atoms with Crippen molar-refractivity contribution in [3.05, 3.63) is 130 Å². The van der Waals surface area contributed by atoms with E-state index in [2.05, 4.69) is 9.97 Å². The first-order valence-electron chi connectivity index (χ1n) is 14.3. The number of nitrogens with zero attached hydrogens (tertiary/aromatic N) is 2. The minimum atomic E-state index is -0.872. The Bertz CT molecular complexity index is 1430. The van der Waals surface area contributed by atoms with Crippen molar-refractivity contribution >= 4 is 0 Å². The number of hydrogen-bond acceptors (Lipinski definition) is 4. The van der Waals surface area contributed by atoms with Crippen LogP contribution in [0.5, 0.6) is 0 Å². The molecule has 0 saturated carbocycles. The summed E-state index contributed by atoms with van der Waals surface area (Å²) in [6.45, 7) is 4.09. The van der Waals surface area contributed by atoms with Gasteiger partial charge in [0.1, 0.15) is 0 Å². The summed E-state index contributed by atoms with van der Waals surface area (Å²) in [7, 11) is 0. The van der Waals surface area contributed by atoms with Crippen LogP contribution in [0.25, 0.3) is 0 Å². The SMILES string of the molecule is C[C@@H]1CC[C@@H](c2cccc(F)c2F)[C@@H](O)c2cccnc21.C[C@@H]1CC[C@@H](c2cccc(F)c2F)[C@H](O)c2cccnc21. The molecule has 2 heterocycles. The van der Waals surface area contributed by atoms with Crippen LogP contribution in [0.1, 0.15) is 109 Å². The third kappa shape index (κ3) is 5.83. The van der Waals surface area contributed by atoms with E-state index in [1.807, 2.05) is 26.0 Å². The van der Waals surface area contributed by atoms with Gasteiger partial charge in [0.15, 0.2) is 23.3 Å². The standard InChI is InChI=1S/2C17H17F2NO/c2*1-10-7-8-12(11-4-2-6-14(18)15(11)19)17(21)13-5-3-9-20-16(10)13/h2*2-6,9-10,12,17,21H,7-8H2,1H3/t10-,12+,17+;10-,12+,17-/m11/s1. The second kappa shape index (κ2) is 12.7. The lowest BCUT2D eigenvalue weighted by molar-refractivity contribution is 0.139. The number of fused-ring (bicyclic) bond motifs is 2. The van der Waals surface area contributed by atoms with Gasteiger partial charge in [-0.25, -0.2) is 17.6 Å². The summed E-state index contributed by atoms with van der Waals surface area (Å²) in [5, 5.41) is 21.3. The monoisotopic (exact) mass is 578 g/mol. The van der Waals surface area contributed by atoms with Crippen LogP contribution in [0.15, 0.2) is 73.1 Å². The molecule has 42 heavy (non-hydrogen) atoms. The molecule has 4 aromatic rings. The Balaban J connectivity index is 0.000000168. The maximum absolute atomic E-state index is 14.1. The zero-order valence-corrected chi connectivity index (χ0v) is 23.5. The molecule has 2 aromatic carbocycles. The minimum absolute atomic E-state index is 0.192. The molecule has 6 rings (SSSR count). The number of halogens is 4. The van der Waals surface area contributed by atoms with Crippen LogP contribution in [-0.2, 0) is 0 Å². The summed E-state index contributed by atoms with van der Waals surface area (Å²) in [5.74, 6) is -3.98. The van der Waals surface area contributed by atoms with Crippen molar-refractivity contribution in [3.63, 3.8) is 0 Å². The van der Waals surface area contributed by atoms with Crippen LogP contribution in [0.4, 0.5) is 17.6 Å². The first-order chi connectivity index (χ1) is 20.2. The van der Waals surface area contributed by atoms with Crippen LogP contribution < -0.4 is 0 Å². The fourth-order valence-electron chi connectivity index (χ4n) is 6.33. The highest BCUT2D eigenvalue weighted by molar-refractivity contribution is 5.35. The lowest BCUT2D eigenvalue weighted by Gasteiger charge is -2.22. The molecule has 220 valence electrons. The first kappa shape index (κ1) is 29.9. The van der Waals surface area contributed by atoms with E-state index in [0.29, 0.717) is 12.8 Å². The van der Waals surface area contributed by atoms with E-state index in [4.69, 9.17) is 0 Å². The number of hydrogen-bond donors (Lipinski definition) is 2. The van der Waals surface area contributed by atoms with Crippen molar-refractivity contribution in [2.45, 2.75) is 75.4 Å². The lowest BCUT2D eigenvalue weighted by atomic mass is 9.87. The summed E-state index contributed by atoms with van der Waals surface area (Å²) in [4.78, 5) is 8.70. The van der Waals surface area contributed by atoms with Crippen LogP contribution in [0.2, 0.25) is 0 Å². The van der Waals surface area contributed by atoms with Gasteiger partial charge in [-0.15, -0.1) is 0 Å². The van der Waals surface area contributed by atoms with E-state index in [1.54, 1.807) is 36.7 Å². The quantitative estimate of drug-likeness (QED) is 0.186. The van der Waals surface area contributed by atoms with Crippen LogP contribution in [0, 0.1) is 23.3 Å². The van der Waals surface area contributed by atoms with Gasteiger partial charge in [0.25, 0.3) is 0 Å². The first-order valence-corrected chi connectivity index (χ1v) is 14.3. The molecular formula is C34H34F4N2O2. The Morgan fingerprint density at radius 3 is 1.33 bits per heavy atom. The second-order valence-electron chi connectivity index (χ2n) is 11.3. The molecule has 0 fully saturated rings. The highest BCUT2D eigenvalue weighted by Crippen LogP contribution is 2.45. The number of aliphatic hydroxyl groups excluding tert-OH is 2. The lowest BCUT2D eigenvalue weighted by Crippen LogP contribution is -2.13. The van der Waals surface area contributed by atoms with E-state index < -0.39 is 47.3 Å². The Kier molecular flexibility index (Phi) is 9.04. The van der Waals surface area contributed by atoms with E-state index in [9.17, 15) is 27.8 Å². The number of pyridine rings is 2. The smallest absolute Gasteiger partial charge is 0.162 e. The summed E-state index contributed by atoms with van der Waals surface area (Å²) >= 11 is 0. The number of aromatic nitrogens is 2. The predicted molar refractivity (Wildman–Crippen MR) is 152 cm³/mol. The second-order valence-corrected chi connectivity index (χ2v) is 11.3. The predicted octanol–water partition coefficient (Wildman–Crippen LogP) is 8.15. The van der Waals surface area contributed by atoms with Crippen molar-refractivity contribution < 1.29 is 27.8 Å². The van der Waals surface area contributed by atoms with Gasteiger partial charge in [-0.05, 0) is 72.9 Å². The fraction of sp³-hybridized carbons (Fsp3) is 0.353. The van der Waals surface area contributed by atoms with Gasteiger partial charge < -0.3 is 10.2 Å². The zero-order chi connectivity index (χ0) is 30.0. The summed E-state index contributed by atoms with van der Waals surface area (Å²) < 4.78 is 55.1. The number of aliphatic hydroxyl groups is 2. The molecule has 0 aliphatic heterocycles. The molecule has 6 atom stereocenters. The summed E-state index contributed by atoms with van der Waals surface area (Å²) in [6.07, 6.45) is 4.42. The highest BCUT2D eigenvalue weighted by Gasteiger charge is 2.34. The van der Waals surface area contributed by atoms with Gasteiger partial charge >= 0.3 is 0 Å². The van der Waals surface area contributed by atoms with Gasteiger partial charge in [-0.1, -0.05) is 50.2 Å². The van der Waals surface area contributed by atoms with Gasteiger partial charge in [0, 0.05) is 46.7 Å². The fourth-order valence-corrected chi connectivity index (χ4v) is 6.33.